The maximum absolute atomic E-state index is 16.9. The molecule has 0 heterocycles. The fourth-order valence-corrected chi connectivity index (χ4v) is 25.1. The molecule has 2 nitrogen and oxygen atoms in total. The van der Waals surface area contributed by atoms with E-state index in [0.717, 1.165) is 0 Å². The molecule has 0 saturated heterocycles. The molecule has 5 aliphatic carbocycles. The number of aliphatic hydroxyl groups is 1. The summed E-state index contributed by atoms with van der Waals surface area (Å²) in [5.74, 6) is 0.302. The number of benzene rings is 18. The molecule has 2 spiro atoms. The number of aliphatic hydroxyl groups excluding tert-OH is 1. The van der Waals surface area contributed by atoms with Gasteiger partial charge in [0.1, 0.15) is 0 Å². The number of hydrogen-bond donors (Lipinski definition) is 1. The van der Waals surface area contributed by atoms with Crippen molar-refractivity contribution < 1.29 is 9.90 Å². The fraction of sp³-hybridized carbons (Fsp3) is 0.0781. The lowest BCUT2D eigenvalue weighted by molar-refractivity contribution is -0.131. The fourth-order valence-electron chi connectivity index (χ4n) is 25.1. The zero-order chi connectivity index (χ0) is 39.1. The minimum Gasteiger partial charge on any atom is -0.393 e. The first-order chi connectivity index (χ1) is 32.8. The predicted molar refractivity (Wildman–Crippen MR) is 274 cm³/mol. The smallest absolute Gasteiger partial charge is 0.151 e. The van der Waals surface area contributed by atoms with E-state index in [-0.39, 0.29) is 6.42 Å². The normalized spacial score (nSPS) is 24.6. The Hall–Kier alpha value is -7.91. The highest BCUT2D eigenvalue weighted by Crippen LogP contribution is 2.85. The van der Waals surface area contributed by atoms with E-state index in [9.17, 15) is 5.11 Å². The second-order valence-corrected chi connectivity index (χ2v) is 24.9. The van der Waals surface area contributed by atoms with Gasteiger partial charge in [0.2, 0.25) is 0 Å². The quantitative estimate of drug-likeness (QED) is 0.155. The molecule has 1 saturated carbocycles. The molecular formula is C64H6O2. The van der Waals surface area contributed by atoms with Crippen LogP contribution in [0.25, 0.3) is 291 Å². The minimum atomic E-state index is -0.877. The Labute approximate surface area is 356 Å². The second kappa shape index (κ2) is 5.19. The van der Waals surface area contributed by atoms with Crippen molar-refractivity contribution in [2.75, 3.05) is 0 Å². The lowest BCUT2D eigenvalue weighted by atomic mass is 9.43. The van der Waals surface area contributed by atoms with E-state index in [4.69, 9.17) is 0 Å². The van der Waals surface area contributed by atoms with Gasteiger partial charge in [-0.15, -0.1) is 0 Å². The number of rotatable bonds is 0. The number of carbonyl (C=O) groups is 1. The van der Waals surface area contributed by atoms with Gasteiger partial charge in [-0.2, -0.15) is 0 Å². The monoisotopic (exact) mass is 806 g/mol. The molecule has 0 aliphatic heterocycles. The van der Waals surface area contributed by atoms with E-state index in [1.807, 2.05) is 0 Å². The number of Topliss-reactive ketones (excluding diaryl/α,β-unsaturated/α-hetero) is 1. The van der Waals surface area contributed by atoms with Gasteiger partial charge >= 0.3 is 0 Å². The number of ketones is 1. The molecule has 2 heteroatoms. The summed E-state index contributed by atoms with van der Waals surface area (Å²) in [6, 6.07) is 0. The van der Waals surface area contributed by atoms with Crippen molar-refractivity contribution in [1.82, 2.24) is 0 Å². The minimum absolute atomic E-state index is 0.235. The molecule has 0 radical (unpaired) electrons. The summed E-state index contributed by atoms with van der Waals surface area (Å²) >= 11 is 0. The van der Waals surface area contributed by atoms with Gasteiger partial charge in [-0.25, -0.2) is 0 Å². The van der Waals surface area contributed by atoms with Gasteiger partial charge in [0.05, 0.1) is 11.5 Å². The number of hydrogen-bond acceptors (Lipinski definition) is 2. The summed E-state index contributed by atoms with van der Waals surface area (Å²) in [6.45, 7) is 0. The van der Waals surface area contributed by atoms with E-state index < -0.39 is 16.9 Å². The highest BCUT2D eigenvalue weighted by Gasteiger charge is 2.74. The Balaban J connectivity index is 1.27. The van der Waals surface area contributed by atoms with Crippen LogP contribution in [-0.4, -0.2) is 17.0 Å². The first kappa shape index (κ1) is 23.9. The van der Waals surface area contributed by atoms with Crippen LogP contribution in [0.4, 0.5) is 0 Å². The van der Waals surface area contributed by atoms with Crippen LogP contribution in [-0.2, 0) is 15.6 Å². The molecule has 28 aromatic carbocycles. The molecule has 1 fully saturated rings. The Morgan fingerprint density at radius 2 is 0.394 bits per heavy atom. The third kappa shape index (κ3) is 1.18. The molecule has 1 unspecified atom stereocenters. The van der Waals surface area contributed by atoms with Gasteiger partial charge in [0.15, 0.2) is 5.78 Å². The topological polar surface area (TPSA) is 37.3 Å². The third-order valence-electron chi connectivity index (χ3n) is 24.9. The lowest BCUT2D eigenvalue weighted by Crippen LogP contribution is -2.61. The molecule has 0 bridgehead atoms. The van der Waals surface area contributed by atoms with Crippen molar-refractivity contribution in [3.05, 3.63) is 22.3 Å². The molecule has 0 amide bonds. The molecule has 5 aliphatic rings. The molecule has 0 aromatic heterocycles. The third-order valence-corrected chi connectivity index (χ3v) is 24.9. The maximum Gasteiger partial charge on any atom is 0.151 e. The summed E-state index contributed by atoms with van der Waals surface area (Å²) in [5.41, 5.74) is 4.20. The molecular weight excluding hydrogens is 801 g/mol. The van der Waals surface area contributed by atoms with Gasteiger partial charge in [-0.05, 0) is 320 Å². The van der Waals surface area contributed by atoms with Crippen LogP contribution >= 0.6 is 0 Å². The van der Waals surface area contributed by atoms with Gasteiger partial charge in [-0.3, -0.25) is 4.79 Å². The van der Waals surface area contributed by atoms with E-state index in [0.29, 0.717) is 12.2 Å². The Kier molecular flexibility index (Phi) is 1.87. The van der Waals surface area contributed by atoms with E-state index >= 15 is 4.79 Å². The predicted octanol–water partition coefficient (Wildman–Crippen LogP) is 16.0. The maximum atomic E-state index is 16.9. The first-order valence-electron chi connectivity index (χ1n) is 24.7. The van der Waals surface area contributed by atoms with Crippen molar-refractivity contribution in [3.63, 3.8) is 0 Å². The standard InChI is InChI=1S/C64H6O2/c65-3-1-4(66)64-61-55-49-39-27-19-11-7-5-6-9-13(11)21(27)31-25-17(9)18-10(6)14-12-8(5)16-15(7)23-29(19)37-43-33(23)34-24(16)30-20(12)28-22(14)32-26(18)36-35(25)47(41(31)49)57(61)58-48(36)42(32)50-40(28)46-38(30)44(34)52-51(43)59(53(55)45(37)39)63(64,2-3)60(52)54(46)56(50)62(58)64/h3,65H,1-2H2. The molecule has 28 aromatic rings. The van der Waals surface area contributed by atoms with Crippen molar-refractivity contribution in [2.24, 2.45) is 0 Å². The van der Waals surface area contributed by atoms with Crippen molar-refractivity contribution in [2.45, 2.75) is 29.8 Å². The zero-order valence-electron chi connectivity index (χ0n) is 33.3. The van der Waals surface area contributed by atoms with Crippen LogP contribution in [0.1, 0.15) is 35.1 Å². The lowest BCUT2D eigenvalue weighted by Gasteiger charge is -2.56. The van der Waals surface area contributed by atoms with Gasteiger partial charge < -0.3 is 5.11 Å². The SMILES string of the molecule is O=C1CC(O)CC23c4c5c6c7c8c9c(c%10c%11c2c2c4c4c%12c5c5c6c6c8c8c%13c9c9c%10c%10c%11c%11c2c2c4c4c%12c%12c5c5c6c8c6c8c%13c9c9c%10c%10c%11c2c2c4c4c%12c5c6c5c8c9c%10c2c45)C173. The number of carbonyl (C=O) groups excluding carboxylic acids is 1. The van der Waals surface area contributed by atoms with Crippen molar-refractivity contribution >= 4 is 297 Å². The van der Waals surface area contributed by atoms with Gasteiger partial charge in [-0.1, -0.05) is 0 Å². The highest BCUT2D eigenvalue weighted by atomic mass is 16.3. The Bertz CT molecular complexity index is 6900. The van der Waals surface area contributed by atoms with E-state index in [1.165, 1.54) is 119 Å². The molecule has 1 N–H and O–H groups in total. The van der Waals surface area contributed by atoms with Crippen LogP contribution in [0.5, 0.6) is 0 Å². The van der Waals surface area contributed by atoms with Gasteiger partial charge in [0.25, 0.3) is 0 Å². The van der Waals surface area contributed by atoms with Crippen LogP contribution in [0, 0.1) is 0 Å². The molecule has 1 atom stereocenters. The van der Waals surface area contributed by atoms with Gasteiger partial charge in [0, 0.05) is 11.8 Å². The molecule has 33 rings (SSSR count). The van der Waals surface area contributed by atoms with Crippen LogP contribution in [0.15, 0.2) is 0 Å². The summed E-state index contributed by atoms with van der Waals surface area (Å²) in [6.07, 6.45) is 0.167. The molecule has 274 valence electrons. The van der Waals surface area contributed by atoms with Crippen molar-refractivity contribution in [3.8, 4) is 0 Å². The largest absolute Gasteiger partial charge is 0.393 e. The average molecular weight is 807 g/mol. The summed E-state index contributed by atoms with van der Waals surface area (Å²) in [7, 11) is 0. The summed E-state index contributed by atoms with van der Waals surface area (Å²) in [4.78, 5) is 16.9. The zero-order valence-corrected chi connectivity index (χ0v) is 33.3. The van der Waals surface area contributed by atoms with E-state index in [1.54, 1.807) is 194 Å². The average Bonchev–Trinajstić information content (AvgIpc) is 4.16. The van der Waals surface area contributed by atoms with Crippen LogP contribution in [0.3, 0.4) is 0 Å². The van der Waals surface area contributed by atoms with Crippen LogP contribution < -0.4 is 0 Å². The van der Waals surface area contributed by atoms with Crippen molar-refractivity contribution in [1.29, 1.82) is 0 Å². The highest BCUT2D eigenvalue weighted by molar-refractivity contribution is 6.82. The first-order valence-corrected chi connectivity index (χ1v) is 24.7. The summed E-state index contributed by atoms with van der Waals surface area (Å²) in [5, 5.41) is 96.6. The molecule has 66 heavy (non-hydrogen) atoms. The van der Waals surface area contributed by atoms with E-state index in [2.05, 4.69) is 0 Å². The Morgan fingerprint density at radius 1 is 0.242 bits per heavy atom. The summed E-state index contributed by atoms with van der Waals surface area (Å²) < 4.78 is 0. The van der Waals surface area contributed by atoms with Crippen LogP contribution in [0.2, 0.25) is 0 Å². The Morgan fingerprint density at radius 3 is 0.576 bits per heavy atom. The second-order valence-electron chi connectivity index (χ2n) is 24.9.